The van der Waals surface area contributed by atoms with Gasteiger partial charge in [-0.1, -0.05) is 22.8 Å². The van der Waals surface area contributed by atoms with Gasteiger partial charge in [0.15, 0.2) is 0 Å². The van der Waals surface area contributed by atoms with Crippen LogP contribution in [0, 0.1) is 0 Å². The van der Waals surface area contributed by atoms with Gasteiger partial charge in [-0.2, -0.15) is 0 Å². The molecule has 0 saturated carbocycles. The summed E-state index contributed by atoms with van der Waals surface area (Å²) in [6.07, 6.45) is 1.73. The molecule has 7 heteroatoms. The molecule has 0 saturated heterocycles. The molecule has 1 N–H and O–H groups in total. The molecular formula is C13H16ClN5O. The second kappa shape index (κ2) is 6.91. The third-order valence-corrected chi connectivity index (χ3v) is 2.83. The molecule has 0 atom stereocenters. The zero-order chi connectivity index (χ0) is 14.4. The Balaban J connectivity index is 2.11. The van der Waals surface area contributed by atoms with Gasteiger partial charge in [0.25, 0.3) is 0 Å². The van der Waals surface area contributed by atoms with Crippen LogP contribution in [-0.4, -0.2) is 26.8 Å². The topological polar surface area (TPSA) is 64.9 Å². The smallest absolute Gasteiger partial charge is 0.243 e. The molecule has 0 aliphatic carbocycles. The van der Waals surface area contributed by atoms with E-state index in [4.69, 9.17) is 16.3 Å². The van der Waals surface area contributed by atoms with Gasteiger partial charge < -0.3 is 10.1 Å². The molecule has 6 nitrogen and oxygen atoms in total. The van der Waals surface area contributed by atoms with Crippen molar-refractivity contribution >= 4 is 17.5 Å². The average molecular weight is 294 g/mol. The largest absolute Gasteiger partial charge is 0.494 e. The van der Waals surface area contributed by atoms with E-state index in [-0.39, 0.29) is 0 Å². The van der Waals surface area contributed by atoms with Gasteiger partial charge in [0.1, 0.15) is 5.75 Å². The Labute approximate surface area is 122 Å². The SMILES string of the molecule is C=CCn1nnnc1NCc1cc(Cl)ccc1OCC. The number of nitrogens with zero attached hydrogens (tertiary/aromatic N) is 4. The van der Waals surface area contributed by atoms with Crippen LogP contribution in [0.2, 0.25) is 5.02 Å². The van der Waals surface area contributed by atoms with E-state index in [0.717, 1.165) is 11.3 Å². The number of aromatic nitrogens is 4. The summed E-state index contributed by atoms with van der Waals surface area (Å²) in [6, 6.07) is 5.52. The number of benzene rings is 1. The molecule has 1 heterocycles. The van der Waals surface area contributed by atoms with Crippen LogP contribution < -0.4 is 10.1 Å². The minimum absolute atomic E-state index is 0.521. The van der Waals surface area contributed by atoms with Gasteiger partial charge in [-0.25, -0.2) is 4.68 Å². The van der Waals surface area contributed by atoms with Crippen molar-refractivity contribution < 1.29 is 4.74 Å². The maximum absolute atomic E-state index is 6.02. The van der Waals surface area contributed by atoms with Gasteiger partial charge in [0.05, 0.1) is 13.2 Å². The number of hydrogen-bond donors (Lipinski definition) is 1. The summed E-state index contributed by atoms with van der Waals surface area (Å²) in [7, 11) is 0. The van der Waals surface area contributed by atoms with Crippen LogP contribution >= 0.6 is 11.6 Å². The number of anilines is 1. The monoisotopic (exact) mass is 293 g/mol. The zero-order valence-corrected chi connectivity index (χ0v) is 12.0. The summed E-state index contributed by atoms with van der Waals surface area (Å²) < 4.78 is 7.19. The van der Waals surface area contributed by atoms with Crippen molar-refractivity contribution in [3.8, 4) is 5.75 Å². The number of ether oxygens (including phenoxy) is 1. The Morgan fingerprint density at radius 1 is 1.50 bits per heavy atom. The fourth-order valence-corrected chi connectivity index (χ4v) is 1.93. The lowest BCUT2D eigenvalue weighted by Gasteiger charge is -2.11. The summed E-state index contributed by atoms with van der Waals surface area (Å²) in [4.78, 5) is 0. The molecule has 0 unspecified atom stereocenters. The first-order valence-corrected chi connectivity index (χ1v) is 6.64. The molecule has 2 rings (SSSR count). The third-order valence-electron chi connectivity index (χ3n) is 2.59. The molecular weight excluding hydrogens is 278 g/mol. The number of nitrogens with one attached hydrogen (secondary N) is 1. The number of rotatable bonds is 7. The van der Waals surface area contributed by atoms with Gasteiger partial charge >= 0.3 is 0 Å². The van der Waals surface area contributed by atoms with Crippen LogP contribution in [0.3, 0.4) is 0 Å². The van der Waals surface area contributed by atoms with E-state index in [1.54, 1.807) is 16.8 Å². The van der Waals surface area contributed by atoms with Crippen LogP contribution in [-0.2, 0) is 13.1 Å². The average Bonchev–Trinajstić information content (AvgIpc) is 2.87. The van der Waals surface area contributed by atoms with Crippen molar-refractivity contribution in [3.63, 3.8) is 0 Å². The molecule has 0 aliphatic rings. The van der Waals surface area contributed by atoms with Gasteiger partial charge in [-0.15, -0.1) is 6.58 Å². The predicted octanol–water partition coefficient (Wildman–Crippen LogP) is 2.52. The van der Waals surface area contributed by atoms with Gasteiger partial charge in [-0.3, -0.25) is 0 Å². The van der Waals surface area contributed by atoms with E-state index < -0.39 is 0 Å². The van der Waals surface area contributed by atoms with Gasteiger partial charge in [0.2, 0.25) is 5.95 Å². The lowest BCUT2D eigenvalue weighted by molar-refractivity contribution is 0.337. The first-order chi connectivity index (χ1) is 9.74. The Kier molecular flexibility index (Phi) is 4.95. The summed E-state index contributed by atoms with van der Waals surface area (Å²) >= 11 is 6.02. The van der Waals surface area contributed by atoms with Crippen molar-refractivity contribution in [2.45, 2.75) is 20.0 Å². The van der Waals surface area contributed by atoms with Gasteiger partial charge in [-0.05, 0) is 35.5 Å². The Morgan fingerprint density at radius 2 is 2.35 bits per heavy atom. The number of hydrogen-bond acceptors (Lipinski definition) is 5. The minimum atomic E-state index is 0.521. The maximum Gasteiger partial charge on any atom is 0.243 e. The highest BCUT2D eigenvalue weighted by Gasteiger charge is 2.08. The molecule has 20 heavy (non-hydrogen) atoms. The lowest BCUT2D eigenvalue weighted by Crippen LogP contribution is -2.09. The van der Waals surface area contributed by atoms with E-state index in [9.17, 15) is 0 Å². The Morgan fingerprint density at radius 3 is 3.10 bits per heavy atom. The van der Waals surface area contributed by atoms with Crippen molar-refractivity contribution in [2.75, 3.05) is 11.9 Å². The molecule has 0 amide bonds. The first kappa shape index (κ1) is 14.3. The van der Waals surface area contributed by atoms with E-state index in [2.05, 4.69) is 27.4 Å². The number of allylic oxidation sites excluding steroid dienone is 1. The molecule has 0 fully saturated rings. The molecule has 0 aliphatic heterocycles. The summed E-state index contributed by atoms with van der Waals surface area (Å²) in [5.41, 5.74) is 0.951. The van der Waals surface area contributed by atoms with Gasteiger partial charge in [0, 0.05) is 17.1 Å². The summed E-state index contributed by atoms with van der Waals surface area (Å²) in [5.74, 6) is 1.37. The molecule has 106 valence electrons. The van der Waals surface area contributed by atoms with Crippen LogP contribution in [0.5, 0.6) is 5.75 Å². The highest BCUT2D eigenvalue weighted by atomic mass is 35.5. The number of tetrazole rings is 1. The minimum Gasteiger partial charge on any atom is -0.494 e. The number of halogens is 1. The zero-order valence-electron chi connectivity index (χ0n) is 11.2. The van der Waals surface area contributed by atoms with Crippen LogP contribution in [0.15, 0.2) is 30.9 Å². The second-order valence-electron chi connectivity index (χ2n) is 4.01. The van der Waals surface area contributed by atoms with E-state index in [0.29, 0.717) is 30.7 Å². The van der Waals surface area contributed by atoms with E-state index in [1.807, 2.05) is 19.1 Å². The summed E-state index contributed by atoms with van der Waals surface area (Å²) in [5, 5.41) is 15.2. The lowest BCUT2D eigenvalue weighted by atomic mass is 10.2. The second-order valence-corrected chi connectivity index (χ2v) is 4.45. The molecule has 1 aromatic carbocycles. The van der Waals surface area contributed by atoms with Crippen LogP contribution in [0.1, 0.15) is 12.5 Å². The molecule has 1 aromatic heterocycles. The molecule has 2 aromatic rings. The quantitative estimate of drug-likeness (QED) is 0.795. The Bertz CT molecular complexity index is 584. The first-order valence-electron chi connectivity index (χ1n) is 6.26. The predicted molar refractivity (Wildman–Crippen MR) is 78.0 cm³/mol. The van der Waals surface area contributed by atoms with Crippen LogP contribution in [0.4, 0.5) is 5.95 Å². The maximum atomic E-state index is 6.02. The third kappa shape index (κ3) is 3.48. The van der Waals surface area contributed by atoms with Crippen molar-refractivity contribution in [2.24, 2.45) is 0 Å². The fourth-order valence-electron chi connectivity index (χ4n) is 1.73. The van der Waals surface area contributed by atoms with Crippen molar-refractivity contribution in [1.82, 2.24) is 20.2 Å². The molecule has 0 spiro atoms. The normalized spacial score (nSPS) is 10.3. The molecule has 0 radical (unpaired) electrons. The van der Waals surface area contributed by atoms with E-state index in [1.165, 1.54) is 0 Å². The molecule has 0 bridgehead atoms. The highest BCUT2D eigenvalue weighted by molar-refractivity contribution is 6.30. The highest BCUT2D eigenvalue weighted by Crippen LogP contribution is 2.23. The van der Waals surface area contributed by atoms with Crippen molar-refractivity contribution in [1.29, 1.82) is 0 Å². The fraction of sp³-hybridized carbons (Fsp3) is 0.308. The van der Waals surface area contributed by atoms with E-state index >= 15 is 0 Å². The Hall–Kier alpha value is -2.08. The standard InChI is InChI=1S/C13H16ClN5O/c1-3-7-19-13(16-17-18-19)15-9-10-8-11(14)5-6-12(10)20-4-2/h3,5-6,8H,1,4,7,9H2,2H3,(H,15,16,18). The summed E-state index contributed by atoms with van der Waals surface area (Å²) in [6.45, 7) is 7.27. The van der Waals surface area contributed by atoms with Crippen LogP contribution in [0.25, 0.3) is 0 Å². The van der Waals surface area contributed by atoms with Crippen molar-refractivity contribution in [3.05, 3.63) is 41.4 Å².